The molecule has 0 bridgehead atoms. The summed E-state index contributed by atoms with van der Waals surface area (Å²) in [6.07, 6.45) is 0. The minimum Gasteiger partial charge on any atom is -0.355 e. The first kappa shape index (κ1) is 15.4. The van der Waals surface area contributed by atoms with Crippen LogP contribution >= 0.6 is 11.3 Å². The van der Waals surface area contributed by atoms with Crippen LogP contribution in [0.4, 0.5) is 0 Å². The van der Waals surface area contributed by atoms with Gasteiger partial charge in [-0.2, -0.15) is 0 Å². The molecule has 2 heterocycles. The summed E-state index contributed by atoms with van der Waals surface area (Å²) < 4.78 is 1.93. The number of carbonyl (C=O) groups is 2. The number of nitrogens with zero attached hydrogens (tertiary/aromatic N) is 3. The van der Waals surface area contributed by atoms with Gasteiger partial charge in [-0.25, -0.2) is 0 Å². The Kier molecular flexibility index (Phi) is 4.56. The summed E-state index contributed by atoms with van der Waals surface area (Å²) in [7, 11) is 0. The van der Waals surface area contributed by atoms with Crippen molar-refractivity contribution in [3.05, 3.63) is 16.4 Å². The molecule has 0 atom stereocenters. The zero-order valence-corrected chi connectivity index (χ0v) is 13.4. The molecule has 2 aromatic heterocycles. The lowest BCUT2D eigenvalue weighted by molar-refractivity contribution is -0.118. The van der Waals surface area contributed by atoms with Crippen LogP contribution in [0.1, 0.15) is 47.9 Å². The van der Waals surface area contributed by atoms with E-state index in [-0.39, 0.29) is 17.7 Å². The van der Waals surface area contributed by atoms with Crippen LogP contribution in [0.25, 0.3) is 4.96 Å². The number of aromatic nitrogens is 3. The predicted molar refractivity (Wildman–Crippen MR) is 80.7 cm³/mol. The van der Waals surface area contributed by atoms with E-state index in [9.17, 15) is 9.59 Å². The quantitative estimate of drug-likeness (QED) is 0.809. The van der Waals surface area contributed by atoms with Gasteiger partial charge in [0.15, 0.2) is 0 Å². The highest BCUT2D eigenvalue weighted by Gasteiger charge is 2.20. The normalized spacial score (nSPS) is 11.1. The van der Waals surface area contributed by atoms with Crippen molar-refractivity contribution in [3.8, 4) is 0 Å². The molecule has 0 unspecified atom stereocenters. The number of rotatable bonds is 5. The Morgan fingerprint density at radius 2 is 1.90 bits per heavy atom. The second-order valence-electron chi connectivity index (χ2n) is 5.09. The number of hydrogen-bond acceptors (Lipinski definition) is 5. The van der Waals surface area contributed by atoms with E-state index in [0.717, 1.165) is 16.5 Å². The molecule has 0 saturated heterocycles. The van der Waals surface area contributed by atoms with Gasteiger partial charge in [0.2, 0.25) is 10.9 Å². The van der Waals surface area contributed by atoms with Crippen LogP contribution in [0, 0.1) is 6.92 Å². The largest absolute Gasteiger partial charge is 0.355 e. The predicted octanol–water partition coefficient (Wildman–Crippen LogP) is 1.09. The minimum atomic E-state index is -0.150. The fourth-order valence-electron chi connectivity index (χ4n) is 2.01. The highest BCUT2D eigenvalue weighted by atomic mass is 32.1. The molecule has 0 aliphatic heterocycles. The Balaban J connectivity index is 2.13. The summed E-state index contributed by atoms with van der Waals surface area (Å²) in [6, 6.07) is 0. The average molecular weight is 309 g/mol. The molecule has 0 aliphatic rings. The SMILES string of the molecule is CC(=O)NCCNC(=O)c1sc2nnc(C(C)C)n2c1C. The first-order valence-corrected chi connectivity index (χ1v) is 7.60. The van der Waals surface area contributed by atoms with Crippen LogP contribution in [0.15, 0.2) is 0 Å². The average Bonchev–Trinajstić information content (AvgIpc) is 2.95. The summed E-state index contributed by atoms with van der Waals surface area (Å²) >= 11 is 1.32. The highest BCUT2D eigenvalue weighted by Crippen LogP contribution is 2.25. The summed E-state index contributed by atoms with van der Waals surface area (Å²) in [5, 5.41) is 13.7. The number of hydrogen-bond donors (Lipinski definition) is 2. The number of amides is 2. The van der Waals surface area contributed by atoms with Gasteiger partial charge in [-0.15, -0.1) is 10.2 Å². The van der Waals surface area contributed by atoms with Gasteiger partial charge in [0, 0.05) is 31.6 Å². The molecular formula is C13H19N5O2S. The lowest BCUT2D eigenvalue weighted by Gasteiger charge is -2.06. The zero-order valence-electron chi connectivity index (χ0n) is 12.6. The van der Waals surface area contributed by atoms with E-state index in [1.165, 1.54) is 18.3 Å². The Bertz CT molecular complexity index is 673. The third kappa shape index (κ3) is 3.21. The van der Waals surface area contributed by atoms with Crippen molar-refractivity contribution >= 4 is 28.1 Å². The van der Waals surface area contributed by atoms with E-state index in [0.29, 0.717) is 18.0 Å². The molecular weight excluding hydrogens is 290 g/mol. The van der Waals surface area contributed by atoms with Gasteiger partial charge in [0.05, 0.1) is 0 Å². The lowest BCUT2D eigenvalue weighted by Crippen LogP contribution is -2.33. The third-order valence-electron chi connectivity index (χ3n) is 3.02. The Hall–Kier alpha value is -1.96. The van der Waals surface area contributed by atoms with Crippen LogP contribution in [0.3, 0.4) is 0 Å². The van der Waals surface area contributed by atoms with Gasteiger partial charge < -0.3 is 10.6 Å². The van der Waals surface area contributed by atoms with E-state index >= 15 is 0 Å². The van der Waals surface area contributed by atoms with Crippen molar-refractivity contribution in [2.24, 2.45) is 0 Å². The Labute approximate surface area is 126 Å². The van der Waals surface area contributed by atoms with Gasteiger partial charge in [-0.1, -0.05) is 25.2 Å². The van der Waals surface area contributed by atoms with Gasteiger partial charge in [0.1, 0.15) is 10.7 Å². The number of aryl methyl sites for hydroxylation is 1. The first-order chi connectivity index (χ1) is 9.91. The molecule has 7 nitrogen and oxygen atoms in total. The van der Waals surface area contributed by atoms with Crippen LogP contribution in [-0.4, -0.2) is 39.5 Å². The maximum atomic E-state index is 12.2. The zero-order chi connectivity index (χ0) is 15.6. The van der Waals surface area contributed by atoms with Crippen molar-refractivity contribution in [2.45, 2.75) is 33.6 Å². The van der Waals surface area contributed by atoms with Crippen molar-refractivity contribution in [1.29, 1.82) is 0 Å². The molecule has 2 rings (SSSR count). The molecule has 2 aromatic rings. The van der Waals surface area contributed by atoms with Crippen LogP contribution in [-0.2, 0) is 4.79 Å². The van der Waals surface area contributed by atoms with Crippen molar-refractivity contribution in [1.82, 2.24) is 25.2 Å². The minimum absolute atomic E-state index is 0.109. The maximum absolute atomic E-state index is 12.2. The number of thiazole rings is 1. The lowest BCUT2D eigenvalue weighted by atomic mass is 10.2. The molecule has 0 fully saturated rings. The Morgan fingerprint density at radius 3 is 2.52 bits per heavy atom. The monoisotopic (exact) mass is 309 g/mol. The van der Waals surface area contributed by atoms with Crippen molar-refractivity contribution in [2.75, 3.05) is 13.1 Å². The molecule has 0 radical (unpaired) electrons. The molecule has 2 N–H and O–H groups in total. The van der Waals surface area contributed by atoms with E-state index in [1.807, 2.05) is 25.2 Å². The second-order valence-corrected chi connectivity index (χ2v) is 6.06. The molecule has 8 heteroatoms. The molecule has 21 heavy (non-hydrogen) atoms. The highest BCUT2D eigenvalue weighted by molar-refractivity contribution is 7.19. The first-order valence-electron chi connectivity index (χ1n) is 6.79. The van der Waals surface area contributed by atoms with E-state index < -0.39 is 0 Å². The number of nitrogens with one attached hydrogen (secondary N) is 2. The van der Waals surface area contributed by atoms with Crippen LogP contribution < -0.4 is 10.6 Å². The third-order valence-corrected chi connectivity index (χ3v) is 4.15. The number of fused-ring (bicyclic) bond motifs is 1. The van der Waals surface area contributed by atoms with Crippen molar-refractivity contribution < 1.29 is 9.59 Å². The summed E-state index contributed by atoms with van der Waals surface area (Å²) in [5.74, 6) is 0.839. The van der Waals surface area contributed by atoms with E-state index in [1.54, 1.807) is 0 Å². The van der Waals surface area contributed by atoms with Gasteiger partial charge in [0.25, 0.3) is 5.91 Å². The maximum Gasteiger partial charge on any atom is 0.263 e. The van der Waals surface area contributed by atoms with Gasteiger partial charge >= 0.3 is 0 Å². The summed E-state index contributed by atoms with van der Waals surface area (Å²) in [5.41, 5.74) is 0.848. The van der Waals surface area contributed by atoms with Crippen molar-refractivity contribution in [3.63, 3.8) is 0 Å². The van der Waals surface area contributed by atoms with Crippen LogP contribution in [0.2, 0.25) is 0 Å². The molecule has 0 aromatic carbocycles. The summed E-state index contributed by atoms with van der Waals surface area (Å²) in [4.78, 5) is 24.3. The fraction of sp³-hybridized carbons (Fsp3) is 0.538. The van der Waals surface area contributed by atoms with Gasteiger partial charge in [-0.3, -0.25) is 14.0 Å². The molecule has 114 valence electrons. The Morgan fingerprint density at radius 1 is 1.24 bits per heavy atom. The topological polar surface area (TPSA) is 88.4 Å². The number of carbonyl (C=O) groups excluding carboxylic acids is 2. The molecule has 0 aliphatic carbocycles. The van der Waals surface area contributed by atoms with E-state index in [2.05, 4.69) is 20.8 Å². The molecule has 0 spiro atoms. The van der Waals surface area contributed by atoms with Crippen LogP contribution in [0.5, 0.6) is 0 Å². The smallest absolute Gasteiger partial charge is 0.263 e. The molecule has 0 saturated carbocycles. The van der Waals surface area contributed by atoms with Gasteiger partial charge in [-0.05, 0) is 6.92 Å². The summed E-state index contributed by atoms with van der Waals surface area (Å²) in [6.45, 7) is 8.23. The molecule has 2 amide bonds. The standard InChI is InChI=1S/C13H19N5O2S/c1-7(2)11-16-17-13-18(11)8(3)10(21-13)12(20)15-6-5-14-9(4)19/h7H,5-6H2,1-4H3,(H,14,19)(H,15,20). The fourth-order valence-corrected chi connectivity index (χ4v) is 3.00. The second kappa shape index (κ2) is 6.21. The van der Waals surface area contributed by atoms with E-state index in [4.69, 9.17) is 0 Å².